The van der Waals surface area contributed by atoms with E-state index in [1.165, 1.54) is 22.5 Å². The van der Waals surface area contributed by atoms with Crippen LogP contribution in [0.2, 0.25) is 5.02 Å². The standard InChI is InChI=1S/C21H19ClFN3O3S2/c22-15-1-5-17(6-2-15)24-21(27)20-19(9-14-30-20)31(28,29)26-12-10-25(11-13-26)18-7-3-16(23)4-8-18/h1-9,14H,10-13H2,(H,24,27). The smallest absolute Gasteiger partial charge is 0.267 e. The van der Waals surface area contributed by atoms with E-state index >= 15 is 0 Å². The van der Waals surface area contributed by atoms with Gasteiger partial charge < -0.3 is 10.2 Å². The molecule has 4 rings (SSSR count). The third-order valence-electron chi connectivity index (χ3n) is 4.99. The van der Waals surface area contributed by atoms with Gasteiger partial charge in [0.05, 0.1) is 0 Å². The first kappa shape index (κ1) is 21.8. The molecule has 0 unspecified atom stereocenters. The Bertz CT molecular complexity index is 1170. The zero-order chi connectivity index (χ0) is 22.0. The van der Waals surface area contributed by atoms with Gasteiger partial charge in [-0.3, -0.25) is 4.79 Å². The van der Waals surface area contributed by atoms with Crippen molar-refractivity contribution in [2.45, 2.75) is 4.90 Å². The van der Waals surface area contributed by atoms with Crippen LogP contribution in [0.25, 0.3) is 0 Å². The molecule has 1 saturated heterocycles. The largest absolute Gasteiger partial charge is 0.369 e. The number of piperazine rings is 1. The lowest BCUT2D eigenvalue weighted by Crippen LogP contribution is -2.48. The number of anilines is 2. The molecule has 6 nitrogen and oxygen atoms in total. The molecule has 0 spiro atoms. The third-order valence-corrected chi connectivity index (χ3v) is 8.22. The van der Waals surface area contributed by atoms with Crippen LogP contribution >= 0.6 is 22.9 Å². The lowest BCUT2D eigenvalue weighted by Gasteiger charge is -2.35. The van der Waals surface area contributed by atoms with Crippen molar-refractivity contribution in [1.29, 1.82) is 0 Å². The van der Waals surface area contributed by atoms with Gasteiger partial charge in [0.2, 0.25) is 10.0 Å². The molecule has 1 fully saturated rings. The molecule has 1 aliphatic heterocycles. The average Bonchev–Trinajstić information content (AvgIpc) is 3.27. The number of carbonyl (C=O) groups excluding carboxylic acids is 1. The van der Waals surface area contributed by atoms with Crippen LogP contribution in [0.3, 0.4) is 0 Å². The Morgan fingerprint density at radius 3 is 2.26 bits per heavy atom. The second-order valence-electron chi connectivity index (χ2n) is 6.94. The monoisotopic (exact) mass is 479 g/mol. The fourth-order valence-corrected chi connectivity index (χ4v) is 6.21. The Labute approximate surface area is 188 Å². The molecule has 0 aliphatic carbocycles. The minimum absolute atomic E-state index is 0.000745. The van der Waals surface area contributed by atoms with Gasteiger partial charge in [0, 0.05) is 42.6 Å². The van der Waals surface area contributed by atoms with Crippen molar-refractivity contribution in [3.63, 3.8) is 0 Å². The summed E-state index contributed by atoms with van der Waals surface area (Å²) in [5, 5.41) is 4.85. The van der Waals surface area contributed by atoms with E-state index in [2.05, 4.69) is 5.32 Å². The second kappa shape index (κ2) is 8.96. The molecular weight excluding hydrogens is 461 g/mol. The van der Waals surface area contributed by atoms with Crippen molar-refractivity contribution in [3.05, 3.63) is 75.7 Å². The predicted molar refractivity (Wildman–Crippen MR) is 121 cm³/mol. The number of sulfonamides is 1. The van der Waals surface area contributed by atoms with Crippen LogP contribution in [0.15, 0.2) is 64.9 Å². The molecule has 0 bridgehead atoms. The van der Waals surface area contributed by atoms with Gasteiger partial charge in [0.1, 0.15) is 15.6 Å². The number of hydrogen-bond acceptors (Lipinski definition) is 5. The van der Waals surface area contributed by atoms with Crippen molar-refractivity contribution in [1.82, 2.24) is 4.31 Å². The summed E-state index contributed by atoms with van der Waals surface area (Å²) < 4.78 is 41.0. The van der Waals surface area contributed by atoms with E-state index in [1.54, 1.807) is 41.8 Å². The van der Waals surface area contributed by atoms with Gasteiger partial charge in [-0.1, -0.05) is 11.6 Å². The third kappa shape index (κ3) is 4.74. The van der Waals surface area contributed by atoms with Crippen LogP contribution in [0, 0.1) is 5.82 Å². The normalized spacial score (nSPS) is 15.1. The molecule has 2 aromatic carbocycles. The Kier molecular flexibility index (Phi) is 6.29. The molecule has 1 amide bonds. The highest BCUT2D eigenvalue weighted by Gasteiger charge is 2.32. The maximum Gasteiger partial charge on any atom is 0.267 e. The van der Waals surface area contributed by atoms with Gasteiger partial charge in [-0.25, -0.2) is 12.8 Å². The minimum Gasteiger partial charge on any atom is -0.369 e. The first-order valence-corrected chi connectivity index (χ1v) is 12.2. The van der Waals surface area contributed by atoms with Crippen LogP contribution < -0.4 is 10.2 Å². The highest BCUT2D eigenvalue weighted by atomic mass is 35.5. The van der Waals surface area contributed by atoms with Gasteiger partial charge in [0.15, 0.2) is 0 Å². The maximum atomic E-state index is 13.2. The highest BCUT2D eigenvalue weighted by molar-refractivity contribution is 7.89. The van der Waals surface area contributed by atoms with Crippen molar-refractivity contribution >= 4 is 50.2 Å². The first-order chi connectivity index (χ1) is 14.8. The zero-order valence-electron chi connectivity index (χ0n) is 16.3. The SMILES string of the molecule is O=C(Nc1ccc(Cl)cc1)c1sccc1S(=O)(=O)N1CCN(c2ccc(F)cc2)CC1. The summed E-state index contributed by atoms with van der Waals surface area (Å²) in [6.45, 7) is 1.49. The summed E-state index contributed by atoms with van der Waals surface area (Å²) in [6, 6.07) is 14.2. The van der Waals surface area contributed by atoms with Crippen molar-refractivity contribution in [2.24, 2.45) is 0 Å². The lowest BCUT2D eigenvalue weighted by molar-refractivity contribution is 0.102. The molecule has 0 radical (unpaired) electrons. The lowest BCUT2D eigenvalue weighted by atomic mass is 10.2. The van der Waals surface area contributed by atoms with E-state index in [0.717, 1.165) is 17.0 Å². The zero-order valence-corrected chi connectivity index (χ0v) is 18.7. The molecule has 1 aromatic heterocycles. The molecule has 162 valence electrons. The van der Waals surface area contributed by atoms with Gasteiger partial charge >= 0.3 is 0 Å². The van der Waals surface area contributed by atoms with Gasteiger partial charge in [-0.05, 0) is 60.0 Å². The fraction of sp³-hybridized carbons (Fsp3) is 0.190. The van der Waals surface area contributed by atoms with Crippen LogP contribution in [0.5, 0.6) is 0 Å². The summed E-state index contributed by atoms with van der Waals surface area (Å²) in [5.74, 6) is -0.798. The van der Waals surface area contributed by atoms with Crippen LogP contribution in [-0.4, -0.2) is 44.8 Å². The van der Waals surface area contributed by atoms with Crippen molar-refractivity contribution in [3.8, 4) is 0 Å². The number of benzene rings is 2. The van der Waals surface area contributed by atoms with Crippen molar-refractivity contribution < 1.29 is 17.6 Å². The molecular formula is C21H19ClFN3O3S2. The molecule has 0 atom stereocenters. The molecule has 1 aliphatic rings. The summed E-state index contributed by atoms with van der Waals surface area (Å²) >= 11 is 6.94. The van der Waals surface area contributed by atoms with Crippen LogP contribution in [0.4, 0.5) is 15.8 Å². The Morgan fingerprint density at radius 2 is 1.61 bits per heavy atom. The fourth-order valence-electron chi connectivity index (χ4n) is 3.36. The molecule has 3 aromatic rings. The number of thiophene rings is 1. The number of nitrogens with zero attached hydrogens (tertiary/aromatic N) is 2. The summed E-state index contributed by atoms with van der Waals surface area (Å²) in [6.07, 6.45) is 0. The number of amides is 1. The maximum absolute atomic E-state index is 13.2. The molecule has 2 heterocycles. The Morgan fingerprint density at radius 1 is 0.968 bits per heavy atom. The number of halogens is 2. The summed E-state index contributed by atoms with van der Waals surface area (Å²) in [4.78, 5) is 14.9. The summed E-state index contributed by atoms with van der Waals surface area (Å²) in [7, 11) is -3.83. The summed E-state index contributed by atoms with van der Waals surface area (Å²) in [5.41, 5.74) is 1.37. The molecule has 0 saturated carbocycles. The second-order valence-corrected chi connectivity index (χ2v) is 10.2. The molecule has 10 heteroatoms. The first-order valence-electron chi connectivity index (χ1n) is 9.50. The topological polar surface area (TPSA) is 69.7 Å². The van der Waals surface area contributed by atoms with Crippen LogP contribution in [-0.2, 0) is 10.0 Å². The van der Waals surface area contributed by atoms with E-state index in [0.29, 0.717) is 23.8 Å². The minimum atomic E-state index is -3.83. The predicted octanol–water partition coefficient (Wildman–Crippen LogP) is 4.30. The van der Waals surface area contributed by atoms with Crippen LogP contribution in [0.1, 0.15) is 9.67 Å². The van der Waals surface area contributed by atoms with E-state index in [1.807, 2.05) is 4.90 Å². The Balaban J connectivity index is 1.47. The van der Waals surface area contributed by atoms with E-state index in [-0.39, 0.29) is 28.7 Å². The van der Waals surface area contributed by atoms with Crippen molar-refractivity contribution in [2.75, 3.05) is 36.4 Å². The Hall–Kier alpha value is -2.46. The van der Waals surface area contributed by atoms with Gasteiger partial charge in [0.25, 0.3) is 5.91 Å². The molecule has 1 N–H and O–H groups in total. The number of rotatable bonds is 5. The number of nitrogens with one attached hydrogen (secondary N) is 1. The van der Waals surface area contributed by atoms with E-state index in [9.17, 15) is 17.6 Å². The van der Waals surface area contributed by atoms with E-state index < -0.39 is 15.9 Å². The molecule has 31 heavy (non-hydrogen) atoms. The number of carbonyl (C=O) groups is 1. The van der Waals surface area contributed by atoms with Gasteiger partial charge in [-0.15, -0.1) is 11.3 Å². The quantitative estimate of drug-likeness (QED) is 0.592. The number of hydrogen-bond donors (Lipinski definition) is 1. The van der Waals surface area contributed by atoms with E-state index in [4.69, 9.17) is 11.6 Å². The van der Waals surface area contributed by atoms with Gasteiger partial charge in [-0.2, -0.15) is 4.31 Å². The highest BCUT2D eigenvalue weighted by Crippen LogP contribution is 2.28. The average molecular weight is 480 g/mol.